The van der Waals surface area contributed by atoms with Crippen LogP contribution in [0.2, 0.25) is 0 Å². The molecule has 0 aliphatic carbocycles. The summed E-state index contributed by atoms with van der Waals surface area (Å²) in [5.41, 5.74) is 4.64. The summed E-state index contributed by atoms with van der Waals surface area (Å²) in [6, 6.07) is 57.9. The first-order valence-electron chi connectivity index (χ1n) is 17.1. The lowest BCUT2D eigenvalue weighted by molar-refractivity contribution is 1.30. The maximum absolute atomic E-state index is 9.25. The highest BCUT2D eigenvalue weighted by atomic mass is 15.1. The second kappa shape index (κ2) is 10.2. The van der Waals surface area contributed by atoms with E-state index < -0.39 is 0 Å². The third kappa shape index (κ3) is 4.03. The summed E-state index contributed by atoms with van der Waals surface area (Å²) >= 11 is 0. The van der Waals surface area contributed by atoms with Crippen molar-refractivity contribution in [3.8, 4) is 0 Å². The van der Waals surface area contributed by atoms with Gasteiger partial charge in [-0.2, -0.15) is 0 Å². The minimum Gasteiger partial charge on any atom is -0.310 e. The van der Waals surface area contributed by atoms with Crippen molar-refractivity contribution < 1.29 is 2.74 Å². The smallest absolute Gasteiger partial charge is 0.0629 e. The SMILES string of the molecule is [2H]/C(=C(/[2H])c1ccc2ccc3cccc4ccc1c2c34)c1ccc(N(c2ccccc2)c2ccc3ccc4cccc5ccc2c3c45)cc1. The fourth-order valence-corrected chi connectivity index (χ4v) is 7.60. The third-order valence-corrected chi connectivity index (χ3v) is 9.76. The van der Waals surface area contributed by atoms with Crippen LogP contribution in [0.5, 0.6) is 0 Å². The van der Waals surface area contributed by atoms with Gasteiger partial charge in [0.05, 0.1) is 8.43 Å². The van der Waals surface area contributed by atoms with Crippen LogP contribution in [-0.4, -0.2) is 0 Å². The summed E-state index contributed by atoms with van der Waals surface area (Å²) in [5, 5.41) is 14.4. The van der Waals surface area contributed by atoms with E-state index in [-0.39, 0.29) is 12.1 Å². The summed E-state index contributed by atoms with van der Waals surface area (Å²) in [5.74, 6) is 0. The van der Waals surface area contributed by atoms with Crippen molar-refractivity contribution in [3.05, 3.63) is 175 Å². The van der Waals surface area contributed by atoms with Crippen molar-refractivity contribution >= 4 is 93.8 Å². The van der Waals surface area contributed by atoms with Gasteiger partial charge in [0.2, 0.25) is 0 Å². The standard InChI is InChI=1S/C46H29N/c1-2-10-38(11-3-1)47(42-29-24-37-21-19-33-7-5-9-35-23-28-41(42)46(37)44(33)35)39-25-13-30(14-26-39)12-15-31-16-17-36-20-18-32-6-4-8-34-22-27-40(31)45(36)43(32)34/h1-29H/b15-12+/i12D,15D. The Kier molecular flexibility index (Phi) is 5.21. The van der Waals surface area contributed by atoms with Gasteiger partial charge in [-0.1, -0.05) is 146 Å². The lowest BCUT2D eigenvalue weighted by atomic mass is 9.92. The maximum Gasteiger partial charge on any atom is 0.0629 e. The molecule has 0 aromatic heterocycles. The van der Waals surface area contributed by atoms with Gasteiger partial charge in [0.15, 0.2) is 0 Å². The van der Waals surface area contributed by atoms with Crippen molar-refractivity contribution in [2.24, 2.45) is 0 Å². The minimum atomic E-state index is 0.204. The molecule has 0 N–H and O–H groups in total. The molecule has 0 unspecified atom stereocenters. The monoisotopic (exact) mass is 597 g/mol. The second-order valence-corrected chi connectivity index (χ2v) is 12.4. The van der Waals surface area contributed by atoms with Crippen molar-refractivity contribution in [3.63, 3.8) is 0 Å². The Labute approximate surface area is 275 Å². The normalized spacial score (nSPS) is 13.2. The maximum atomic E-state index is 9.25. The fraction of sp³-hybridized carbons (Fsp3) is 0. The van der Waals surface area contributed by atoms with E-state index in [2.05, 4.69) is 144 Å². The first-order chi connectivity index (χ1) is 24.1. The van der Waals surface area contributed by atoms with Gasteiger partial charge in [-0.3, -0.25) is 0 Å². The highest BCUT2D eigenvalue weighted by molar-refractivity contribution is 6.26. The first-order valence-corrected chi connectivity index (χ1v) is 16.1. The summed E-state index contributed by atoms with van der Waals surface area (Å²) in [4.78, 5) is 2.30. The van der Waals surface area contributed by atoms with E-state index in [0.717, 1.165) is 38.8 Å². The van der Waals surface area contributed by atoms with Gasteiger partial charge in [0.25, 0.3) is 0 Å². The van der Waals surface area contributed by atoms with Crippen molar-refractivity contribution in [2.75, 3.05) is 4.90 Å². The van der Waals surface area contributed by atoms with E-state index in [1.54, 1.807) is 0 Å². The molecule has 0 amide bonds. The van der Waals surface area contributed by atoms with E-state index in [9.17, 15) is 2.74 Å². The quantitative estimate of drug-likeness (QED) is 0.141. The van der Waals surface area contributed by atoms with E-state index in [0.29, 0.717) is 5.56 Å². The molecule has 0 aliphatic rings. The molecular formula is C46H29N. The zero-order chi connectivity index (χ0) is 32.6. The molecule has 0 bridgehead atoms. The number of rotatable bonds is 5. The summed E-state index contributed by atoms with van der Waals surface area (Å²) in [6.07, 6.45) is 0. The largest absolute Gasteiger partial charge is 0.310 e. The highest BCUT2D eigenvalue weighted by Crippen LogP contribution is 2.44. The molecule has 0 fully saturated rings. The Balaban J connectivity index is 1.11. The van der Waals surface area contributed by atoms with E-state index >= 15 is 0 Å². The Bertz CT molecular complexity index is 2860. The number of hydrogen-bond donors (Lipinski definition) is 0. The Morgan fingerprint density at radius 1 is 0.362 bits per heavy atom. The van der Waals surface area contributed by atoms with Crippen LogP contribution in [-0.2, 0) is 0 Å². The van der Waals surface area contributed by atoms with Crippen LogP contribution in [0.4, 0.5) is 17.1 Å². The van der Waals surface area contributed by atoms with Gasteiger partial charge in [0.1, 0.15) is 0 Å². The molecule has 47 heavy (non-hydrogen) atoms. The van der Waals surface area contributed by atoms with Gasteiger partial charge >= 0.3 is 0 Å². The van der Waals surface area contributed by atoms with Crippen molar-refractivity contribution in [2.45, 2.75) is 0 Å². The van der Waals surface area contributed by atoms with Crippen LogP contribution < -0.4 is 4.90 Å². The second-order valence-electron chi connectivity index (χ2n) is 12.4. The predicted molar refractivity (Wildman–Crippen MR) is 204 cm³/mol. The molecule has 10 rings (SSSR count). The van der Waals surface area contributed by atoms with Crippen molar-refractivity contribution in [1.29, 1.82) is 0 Å². The number of hydrogen-bond acceptors (Lipinski definition) is 1. The van der Waals surface area contributed by atoms with Crippen LogP contribution in [0, 0.1) is 0 Å². The molecule has 1 nitrogen and oxygen atoms in total. The van der Waals surface area contributed by atoms with Gasteiger partial charge < -0.3 is 4.90 Å². The molecule has 218 valence electrons. The molecule has 0 saturated carbocycles. The summed E-state index contributed by atoms with van der Waals surface area (Å²) < 4.78 is 18.5. The van der Waals surface area contributed by atoms with Crippen LogP contribution in [0.25, 0.3) is 76.7 Å². The Morgan fingerprint density at radius 2 is 0.851 bits per heavy atom. The molecule has 10 aromatic rings. The van der Waals surface area contributed by atoms with E-state index in [1.165, 1.54) is 48.5 Å². The predicted octanol–water partition coefficient (Wildman–Crippen LogP) is 13.1. The zero-order valence-corrected chi connectivity index (χ0v) is 25.5. The zero-order valence-electron chi connectivity index (χ0n) is 27.5. The topological polar surface area (TPSA) is 3.24 Å². The Hall–Kier alpha value is -6.18. The number of para-hydroxylation sites is 1. The number of nitrogens with zero attached hydrogens (tertiary/aromatic N) is 1. The lowest BCUT2D eigenvalue weighted by Crippen LogP contribution is -2.10. The highest BCUT2D eigenvalue weighted by Gasteiger charge is 2.18. The van der Waals surface area contributed by atoms with Gasteiger partial charge in [-0.25, -0.2) is 0 Å². The molecule has 1 heteroatoms. The van der Waals surface area contributed by atoms with Crippen LogP contribution in [0.3, 0.4) is 0 Å². The number of benzene rings is 10. The molecular weight excluding hydrogens is 567 g/mol. The first kappa shape index (κ1) is 24.1. The van der Waals surface area contributed by atoms with E-state index in [4.69, 9.17) is 0 Å². The lowest BCUT2D eigenvalue weighted by Gasteiger charge is -2.27. The summed E-state index contributed by atoms with van der Waals surface area (Å²) in [7, 11) is 0. The third-order valence-electron chi connectivity index (χ3n) is 9.76. The van der Waals surface area contributed by atoms with Crippen LogP contribution >= 0.6 is 0 Å². The molecule has 0 atom stereocenters. The molecule has 0 spiro atoms. The molecule has 0 radical (unpaired) electrons. The van der Waals surface area contributed by atoms with Crippen molar-refractivity contribution in [1.82, 2.24) is 0 Å². The molecule has 10 aromatic carbocycles. The Morgan fingerprint density at radius 3 is 1.49 bits per heavy atom. The average molecular weight is 598 g/mol. The molecule has 0 aliphatic heterocycles. The van der Waals surface area contributed by atoms with Gasteiger partial charge in [0, 0.05) is 16.8 Å². The minimum absolute atomic E-state index is 0.204. The fourth-order valence-electron chi connectivity index (χ4n) is 7.60. The van der Waals surface area contributed by atoms with Crippen LogP contribution in [0.1, 0.15) is 13.9 Å². The van der Waals surface area contributed by atoms with E-state index in [1.807, 2.05) is 24.3 Å². The molecule has 0 heterocycles. The number of anilines is 3. The van der Waals surface area contributed by atoms with Crippen LogP contribution in [0.15, 0.2) is 164 Å². The summed E-state index contributed by atoms with van der Waals surface area (Å²) in [6.45, 7) is 0. The van der Waals surface area contributed by atoms with Gasteiger partial charge in [-0.15, -0.1) is 0 Å². The average Bonchev–Trinajstić information content (AvgIpc) is 3.16. The molecule has 0 saturated heterocycles. The van der Waals surface area contributed by atoms with Gasteiger partial charge in [-0.05, 0) is 101 Å².